The molecule has 1 saturated heterocycles. The first-order valence-electron chi connectivity index (χ1n) is 7.24. The van der Waals surface area contributed by atoms with Crippen LogP contribution in [0.3, 0.4) is 0 Å². The Labute approximate surface area is 126 Å². The molecule has 1 aliphatic rings. The average molecular weight is 313 g/mol. The van der Waals surface area contributed by atoms with Gasteiger partial charge >= 0.3 is 7.60 Å². The summed E-state index contributed by atoms with van der Waals surface area (Å²) in [4.78, 5) is 2.21. The van der Waals surface area contributed by atoms with E-state index in [1.807, 2.05) is 24.3 Å². The van der Waals surface area contributed by atoms with Gasteiger partial charge < -0.3 is 13.8 Å². The van der Waals surface area contributed by atoms with E-state index in [0.717, 1.165) is 37.2 Å². The van der Waals surface area contributed by atoms with Gasteiger partial charge in [-0.15, -0.1) is 0 Å². The lowest BCUT2D eigenvalue weighted by atomic mass is 10.1. The molecule has 1 unspecified atom stereocenters. The highest BCUT2D eigenvalue weighted by Crippen LogP contribution is 2.61. The Bertz CT molecular complexity index is 477. The predicted molar refractivity (Wildman–Crippen MR) is 82.8 cm³/mol. The molecule has 0 bridgehead atoms. The third-order valence-corrected chi connectivity index (χ3v) is 6.20. The van der Waals surface area contributed by atoms with Crippen molar-refractivity contribution in [1.82, 2.24) is 4.90 Å². The quantitative estimate of drug-likeness (QED) is 0.750. The molecule has 6 heteroatoms. The number of piperidine rings is 1. The molecular formula is C15H24NO4P. The topological polar surface area (TPSA) is 48.0 Å². The van der Waals surface area contributed by atoms with Crippen molar-refractivity contribution < 1.29 is 18.3 Å². The number of benzene rings is 1. The Morgan fingerprint density at radius 2 is 1.57 bits per heavy atom. The van der Waals surface area contributed by atoms with E-state index >= 15 is 0 Å². The maximum absolute atomic E-state index is 13.0. The zero-order chi connectivity index (χ0) is 15.3. The Morgan fingerprint density at radius 1 is 1.00 bits per heavy atom. The first kappa shape index (κ1) is 16.5. The van der Waals surface area contributed by atoms with Crippen LogP contribution in [0.1, 0.15) is 30.6 Å². The number of likely N-dealkylation sites (tertiary alicyclic amines) is 1. The smallest absolute Gasteiger partial charge is 0.351 e. The molecule has 0 spiro atoms. The van der Waals surface area contributed by atoms with E-state index in [4.69, 9.17) is 13.8 Å². The van der Waals surface area contributed by atoms with Gasteiger partial charge in [-0.05, 0) is 43.6 Å². The fourth-order valence-corrected chi connectivity index (χ4v) is 4.52. The van der Waals surface area contributed by atoms with Crippen LogP contribution in [0, 0.1) is 0 Å². The summed E-state index contributed by atoms with van der Waals surface area (Å²) in [5.41, 5.74) is 0.935. The number of hydrogen-bond acceptors (Lipinski definition) is 5. The van der Waals surface area contributed by atoms with E-state index < -0.39 is 7.60 Å². The van der Waals surface area contributed by atoms with E-state index in [-0.39, 0.29) is 5.78 Å². The SMILES string of the molecule is COc1ccc(C(N2CCCCC2)P(=O)(OC)OC)cc1. The van der Waals surface area contributed by atoms with Gasteiger partial charge in [-0.2, -0.15) is 0 Å². The zero-order valence-corrected chi connectivity index (χ0v) is 13.8. The number of hydrogen-bond donors (Lipinski definition) is 0. The van der Waals surface area contributed by atoms with Gasteiger partial charge in [0.1, 0.15) is 11.5 Å². The molecule has 21 heavy (non-hydrogen) atoms. The molecule has 1 atom stereocenters. The minimum atomic E-state index is -3.22. The van der Waals surface area contributed by atoms with Crippen LogP contribution in [0.15, 0.2) is 24.3 Å². The average Bonchev–Trinajstić information content (AvgIpc) is 2.56. The molecule has 2 rings (SSSR count). The molecule has 0 aromatic heterocycles. The molecule has 0 saturated carbocycles. The molecule has 1 aliphatic heterocycles. The Balaban J connectivity index is 2.36. The molecule has 0 amide bonds. The third kappa shape index (κ3) is 3.67. The zero-order valence-electron chi connectivity index (χ0n) is 12.9. The second-order valence-electron chi connectivity index (χ2n) is 5.15. The van der Waals surface area contributed by atoms with Crippen molar-refractivity contribution in [3.63, 3.8) is 0 Å². The van der Waals surface area contributed by atoms with Crippen LogP contribution in [0.25, 0.3) is 0 Å². The van der Waals surface area contributed by atoms with Crippen molar-refractivity contribution in [2.75, 3.05) is 34.4 Å². The van der Waals surface area contributed by atoms with Crippen LogP contribution in [0.5, 0.6) is 5.75 Å². The predicted octanol–water partition coefficient (Wildman–Crippen LogP) is 3.67. The number of nitrogens with zero attached hydrogens (tertiary/aromatic N) is 1. The Kier molecular flexibility index (Phi) is 5.82. The van der Waals surface area contributed by atoms with E-state index in [1.165, 1.54) is 20.6 Å². The van der Waals surface area contributed by atoms with E-state index in [1.54, 1.807) is 7.11 Å². The molecule has 1 aromatic carbocycles. The van der Waals surface area contributed by atoms with Gasteiger partial charge in [0.2, 0.25) is 0 Å². The molecule has 1 fully saturated rings. The summed E-state index contributed by atoms with van der Waals surface area (Å²) in [6, 6.07) is 7.62. The number of rotatable bonds is 6. The van der Waals surface area contributed by atoms with Crippen molar-refractivity contribution >= 4 is 7.60 Å². The molecule has 1 aromatic rings. The van der Waals surface area contributed by atoms with Crippen molar-refractivity contribution in [1.29, 1.82) is 0 Å². The standard InChI is InChI=1S/C15H24NO4P/c1-18-14-9-7-13(8-10-14)15(21(17,19-2)20-3)16-11-5-4-6-12-16/h7-10,15H,4-6,11-12H2,1-3H3. The van der Waals surface area contributed by atoms with Crippen LogP contribution < -0.4 is 4.74 Å². The van der Waals surface area contributed by atoms with Gasteiger partial charge in [-0.1, -0.05) is 18.6 Å². The summed E-state index contributed by atoms with van der Waals surface area (Å²) in [7, 11) is 1.31. The Hall–Kier alpha value is -0.870. The van der Waals surface area contributed by atoms with Crippen LogP contribution in [0.4, 0.5) is 0 Å². The maximum Gasteiger partial charge on any atom is 0.351 e. The number of ether oxygens (including phenoxy) is 1. The van der Waals surface area contributed by atoms with E-state index in [9.17, 15) is 4.57 Å². The second-order valence-corrected chi connectivity index (χ2v) is 7.45. The summed E-state index contributed by atoms with van der Waals surface area (Å²) < 4.78 is 28.7. The first-order valence-corrected chi connectivity index (χ1v) is 8.85. The summed E-state index contributed by atoms with van der Waals surface area (Å²) >= 11 is 0. The highest BCUT2D eigenvalue weighted by Gasteiger charge is 2.40. The van der Waals surface area contributed by atoms with Gasteiger partial charge in [-0.3, -0.25) is 9.46 Å². The molecule has 118 valence electrons. The van der Waals surface area contributed by atoms with E-state index in [2.05, 4.69) is 4.90 Å². The van der Waals surface area contributed by atoms with E-state index in [0.29, 0.717) is 0 Å². The van der Waals surface area contributed by atoms with Crippen molar-refractivity contribution in [2.45, 2.75) is 25.0 Å². The first-order chi connectivity index (χ1) is 10.1. The fourth-order valence-electron chi connectivity index (χ4n) is 2.81. The minimum absolute atomic E-state index is 0.362. The van der Waals surface area contributed by atoms with Gasteiger partial charge in [0, 0.05) is 14.2 Å². The molecule has 1 heterocycles. The highest BCUT2D eigenvalue weighted by atomic mass is 31.2. The largest absolute Gasteiger partial charge is 0.497 e. The summed E-state index contributed by atoms with van der Waals surface area (Å²) in [6.45, 7) is 1.82. The van der Waals surface area contributed by atoms with Crippen molar-refractivity contribution in [2.24, 2.45) is 0 Å². The highest BCUT2D eigenvalue weighted by molar-refractivity contribution is 7.54. The lowest BCUT2D eigenvalue weighted by molar-refractivity contribution is 0.165. The van der Waals surface area contributed by atoms with Gasteiger partial charge in [0.05, 0.1) is 7.11 Å². The Morgan fingerprint density at radius 3 is 2.05 bits per heavy atom. The molecule has 0 radical (unpaired) electrons. The van der Waals surface area contributed by atoms with Crippen molar-refractivity contribution in [3.05, 3.63) is 29.8 Å². The van der Waals surface area contributed by atoms with Gasteiger partial charge in [-0.25, -0.2) is 0 Å². The minimum Gasteiger partial charge on any atom is -0.497 e. The molecular weight excluding hydrogens is 289 g/mol. The monoisotopic (exact) mass is 313 g/mol. The lowest BCUT2D eigenvalue weighted by Gasteiger charge is -2.37. The molecule has 0 aliphatic carbocycles. The van der Waals surface area contributed by atoms with Crippen molar-refractivity contribution in [3.8, 4) is 5.75 Å². The van der Waals surface area contributed by atoms with Crippen LogP contribution in [-0.2, 0) is 13.6 Å². The lowest BCUT2D eigenvalue weighted by Crippen LogP contribution is -2.34. The van der Waals surface area contributed by atoms with Gasteiger partial charge in [0.15, 0.2) is 0 Å². The van der Waals surface area contributed by atoms with Crippen LogP contribution in [-0.4, -0.2) is 39.3 Å². The van der Waals surface area contributed by atoms with Crippen LogP contribution in [0.2, 0.25) is 0 Å². The van der Waals surface area contributed by atoms with Gasteiger partial charge in [0.25, 0.3) is 0 Å². The van der Waals surface area contributed by atoms with Crippen LogP contribution >= 0.6 is 7.60 Å². The fraction of sp³-hybridized carbons (Fsp3) is 0.600. The molecule has 5 nitrogen and oxygen atoms in total. The summed E-state index contributed by atoms with van der Waals surface area (Å²) in [5, 5.41) is 0. The maximum atomic E-state index is 13.0. The summed E-state index contributed by atoms with van der Waals surface area (Å²) in [5.74, 6) is 0.416. The normalized spacial score (nSPS) is 18.4. The summed E-state index contributed by atoms with van der Waals surface area (Å²) in [6.07, 6.45) is 3.44. The second kappa shape index (κ2) is 7.41. The number of methoxy groups -OCH3 is 1. The molecule has 0 N–H and O–H groups in total. The third-order valence-electron chi connectivity index (χ3n) is 3.96.